The summed E-state index contributed by atoms with van der Waals surface area (Å²) in [4.78, 5) is 6.86. The number of para-hydroxylation sites is 1. The lowest BCUT2D eigenvalue weighted by Crippen LogP contribution is -2.46. The number of benzene rings is 1. The van der Waals surface area contributed by atoms with Crippen LogP contribution >= 0.6 is 0 Å². The molecule has 4 heteroatoms. The molecule has 2 N–H and O–H groups in total. The number of rotatable bonds is 2. The number of piperidine rings is 1. The maximum Gasteiger partial charge on any atom is 0.210 e. The van der Waals surface area contributed by atoms with Gasteiger partial charge in [-0.3, -0.25) is 4.57 Å². The number of anilines is 1. The molecule has 2 aromatic rings. The van der Waals surface area contributed by atoms with Crippen molar-refractivity contribution in [2.24, 2.45) is 11.7 Å². The van der Waals surface area contributed by atoms with Gasteiger partial charge in [0.25, 0.3) is 0 Å². The van der Waals surface area contributed by atoms with Gasteiger partial charge in [-0.05, 0) is 24.5 Å². The Morgan fingerprint density at radius 1 is 1.26 bits per heavy atom. The SMILES string of the molecule is CC1CN(c2nccn2-c2ccccc2)CCC1N. The molecule has 4 nitrogen and oxygen atoms in total. The van der Waals surface area contributed by atoms with Crippen LogP contribution in [-0.2, 0) is 0 Å². The van der Waals surface area contributed by atoms with E-state index in [-0.39, 0.29) is 0 Å². The summed E-state index contributed by atoms with van der Waals surface area (Å²) in [5.74, 6) is 1.53. The third kappa shape index (κ3) is 2.36. The molecule has 0 spiro atoms. The van der Waals surface area contributed by atoms with Gasteiger partial charge in [0.15, 0.2) is 0 Å². The van der Waals surface area contributed by atoms with Gasteiger partial charge < -0.3 is 10.6 Å². The van der Waals surface area contributed by atoms with Crippen LogP contribution in [0.3, 0.4) is 0 Å². The van der Waals surface area contributed by atoms with Gasteiger partial charge in [-0.15, -0.1) is 0 Å². The van der Waals surface area contributed by atoms with Crippen LogP contribution in [-0.4, -0.2) is 28.7 Å². The van der Waals surface area contributed by atoms with Crippen molar-refractivity contribution in [1.82, 2.24) is 9.55 Å². The summed E-state index contributed by atoms with van der Waals surface area (Å²) in [7, 11) is 0. The fourth-order valence-electron chi connectivity index (χ4n) is 2.67. The quantitative estimate of drug-likeness (QED) is 0.894. The zero-order valence-electron chi connectivity index (χ0n) is 11.2. The molecule has 2 heterocycles. The number of imidazole rings is 1. The summed E-state index contributed by atoms with van der Waals surface area (Å²) in [6.45, 7) is 4.17. The third-order valence-corrected chi connectivity index (χ3v) is 3.91. The maximum atomic E-state index is 6.09. The van der Waals surface area contributed by atoms with Crippen LogP contribution in [0.1, 0.15) is 13.3 Å². The topological polar surface area (TPSA) is 47.1 Å². The van der Waals surface area contributed by atoms with Gasteiger partial charge in [-0.25, -0.2) is 4.98 Å². The van der Waals surface area contributed by atoms with Crippen molar-refractivity contribution in [3.63, 3.8) is 0 Å². The molecule has 3 rings (SSSR count). The molecule has 19 heavy (non-hydrogen) atoms. The van der Waals surface area contributed by atoms with Gasteiger partial charge >= 0.3 is 0 Å². The lowest BCUT2D eigenvalue weighted by molar-refractivity contribution is 0.379. The van der Waals surface area contributed by atoms with E-state index >= 15 is 0 Å². The lowest BCUT2D eigenvalue weighted by atomic mass is 9.95. The van der Waals surface area contributed by atoms with Crippen molar-refractivity contribution in [3.05, 3.63) is 42.7 Å². The highest BCUT2D eigenvalue weighted by atomic mass is 15.3. The van der Waals surface area contributed by atoms with Crippen molar-refractivity contribution < 1.29 is 0 Å². The standard InChI is InChI=1S/C15H20N4/c1-12-11-18(9-7-14(12)16)15-17-8-10-19(15)13-5-3-2-4-6-13/h2-6,8,10,12,14H,7,9,11,16H2,1H3. The molecular formula is C15H20N4. The number of nitrogens with zero attached hydrogens (tertiary/aromatic N) is 3. The Morgan fingerprint density at radius 3 is 2.79 bits per heavy atom. The first-order valence-corrected chi connectivity index (χ1v) is 6.85. The molecule has 2 unspecified atom stereocenters. The Morgan fingerprint density at radius 2 is 2.05 bits per heavy atom. The van der Waals surface area contributed by atoms with E-state index in [1.165, 1.54) is 0 Å². The van der Waals surface area contributed by atoms with E-state index in [2.05, 4.69) is 33.5 Å². The van der Waals surface area contributed by atoms with Crippen molar-refractivity contribution in [2.45, 2.75) is 19.4 Å². The molecule has 0 radical (unpaired) electrons. The highest BCUT2D eigenvalue weighted by Gasteiger charge is 2.25. The zero-order valence-corrected chi connectivity index (χ0v) is 11.2. The van der Waals surface area contributed by atoms with E-state index in [9.17, 15) is 0 Å². The Kier molecular flexibility index (Phi) is 3.25. The molecular weight excluding hydrogens is 236 g/mol. The molecule has 0 bridgehead atoms. The summed E-state index contributed by atoms with van der Waals surface area (Å²) in [5.41, 5.74) is 7.24. The Labute approximate surface area is 113 Å². The predicted octanol–water partition coefficient (Wildman–Crippen LogP) is 2.05. The normalized spacial score (nSPS) is 23.6. The summed E-state index contributed by atoms with van der Waals surface area (Å²) >= 11 is 0. The highest BCUT2D eigenvalue weighted by Crippen LogP contribution is 2.23. The fraction of sp³-hybridized carbons (Fsp3) is 0.400. The van der Waals surface area contributed by atoms with E-state index in [1.807, 2.05) is 30.6 Å². The molecule has 0 saturated carbocycles. The summed E-state index contributed by atoms with van der Waals surface area (Å²) in [6, 6.07) is 10.6. The van der Waals surface area contributed by atoms with Crippen molar-refractivity contribution >= 4 is 5.95 Å². The minimum absolute atomic E-state index is 0.316. The van der Waals surface area contributed by atoms with Gasteiger partial charge in [-0.1, -0.05) is 25.1 Å². The lowest BCUT2D eigenvalue weighted by Gasteiger charge is -2.35. The van der Waals surface area contributed by atoms with Crippen LogP contribution in [0.25, 0.3) is 5.69 Å². The van der Waals surface area contributed by atoms with E-state index in [0.717, 1.165) is 31.1 Å². The van der Waals surface area contributed by atoms with Gasteiger partial charge in [0.05, 0.1) is 0 Å². The second-order valence-electron chi connectivity index (χ2n) is 5.31. The van der Waals surface area contributed by atoms with Crippen LogP contribution < -0.4 is 10.6 Å². The largest absolute Gasteiger partial charge is 0.342 e. The highest BCUT2D eigenvalue weighted by molar-refractivity contribution is 5.44. The van der Waals surface area contributed by atoms with Crippen molar-refractivity contribution in [1.29, 1.82) is 0 Å². The molecule has 0 aliphatic carbocycles. The number of aromatic nitrogens is 2. The molecule has 1 aromatic carbocycles. The number of nitrogens with two attached hydrogens (primary N) is 1. The Hall–Kier alpha value is -1.81. The van der Waals surface area contributed by atoms with Crippen molar-refractivity contribution in [2.75, 3.05) is 18.0 Å². The van der Waals surface area contributed by atoms with Crippen LogP contribution in [0, 0.1) is 5.92 Å². The van der Waals surface area contributed by atoms with E-state index < -0.39 is 0 Å². The van der Waals surface area contributed by atoms with Gasteiger partial charge in [0, 0.05) is 37.2 Å². The van der Waals surface area contributed by atoms with Gasteiger partial charge in [0.2, 0.25) is 5.95 Å². The predicted molar refractivity (Wildman–Crippen MR) is 77.5 cm³/mol. The van der Waals surface area contributed by atoms with E-state index in [0.29, 0.717) is 12.0 Å². The molecule has 1 fully saturated rings. The first kappa shape index (κ1) is 12.2. The maximum absolute atomic E-state index is 6.09. The number of hydrogen-bond donors (Lipinski definition) is 1. The van der Waals surface area contributed by atoms with Gasteiger partial charge in [-0.2, -0.15) is 0 Å². The molecule has 1 aromatic heterocycles. The average Bonchev–Trinajstić information content (AvgIpc) is 2.92. The summed E-state index contributed by atoms with van der Waals surface area (Å²) < 4.78 is 2.14. The first-order valence-electron chi connectivity index (χ1n) is 6.85. The molecule has 1 aliphatic rings. The second-order valence-corrected chi connectivity index (χ2v) is 5.31. The van der Waals surface area contributed by atoms with Crippen molar-refractivity contribution in [3.8, 4) is 5.69 Å². The van der Waals surface area contributed by atoms with E-state index in [1.54, 1.807) is 0 Å². The van der Waals surface area contributed by atoms with Crippen LogP contribution in [0.2, 0.25) is 0 Å². The Bertz CT molecular complexity index is 534. The zero-order chi connectivity index (χ0) is 13.2. The molecule has 1 aliphatic heterocycles. The first-order chi connectivity index (χ1) is 9.25. The van der Waals surface area contributed by atoms with Crippen LogP contribution in [0.15, 0.2) is 42.7 Å². The molecule has 1 saturated heterocycles. The smallest absolute Gasteiger partial charge is 0.210 e. The Balaban J connectivity index is 1.89. The molecule has 2 atom stereocenters. The fourth-order valence-corrected chi connectivity index (χ4v) is 2.67. The summed E-state index contributed by atoms with van der Waals surface area (Å²) in [6.07, 6.45) is 4.91. The summed E-state index contributed by atoms with van der Waals surface area (Å²) in [5, 5.41) is 0. The molecule has 100 valence electrons. The van der Waals surface area contributed by atoms with E-state index in [4.69, 9.17) is 5.73 Å². The monoisotopic (exact) mass is 256 g/mol. The third-order valence-electron chi connectivity index (χ3n) is 3.91. The van der Waals surface area contributed by atoms with Crippen LogP contribution in [0.4, 0.5) is 5.95 Å². The average molecular weight is 256 g/mol. The minimum Gasteiger partial charge on any atom is -0.342 e. The van der Waals surface area contributed by atoms with Crippen LogP contribution in [0.5, 0.6) is 0 Å². The second kappa shape index (κ2) is 5.05. The van der Waals surface area contributed by atoms with Gasteiger partial charge in [0.1, 0.15) is 0 Å². The molecule has 0 amide bonds. The minimum atomic E-state index is 0.316. The number of hydrogen-bond acceptors (Lipinski definition) is 3.